The molecule has 0 aliphatic carbocycles. The lowest BCUT2D eigenvalue weighted by Gasteiger charge is -2.23. The third kappa shape index (κ3) is 5.04. The zero-order valence-corrected chi connectivity index (χ0v) is 11.5. The van der Waals surface area contributed by atoms with Crippen LogP contribution in [0.4, 0.5) is 0 Å². The standard InChI is InChI=1S/C13H25N3O2/c1-3-16(4-2)13(18)10-15-12(17)9-11-7-5-6-8-14-11/h11,14H,3-10H2,1-2H3,(H,15,17). The van der Waals surface area contributed by atoms with Crippen molar-refractivity contribution in [3.63, 3.8) is 0 Å². The molecule has 104 valence electrons. The van der Waals surface area contributed by atoms with E-state index in [9.17, 15) is 9.59 Å². The van der Waals surface area contributed by atoms with Gasteiger partial charge in [-0.3, -0.25) is 9.59 Å². The maximum Gasteiger partial charge on any atom is 0.241 e. The number of carbonyl (C=O) groups excluding carboxylic acids is 2. The van der Waals surface area contributed by atoms with Crippen molar-refractivity contribution in [2.45, 2.75) is 45.6 Å². The molecule has 5 heteroatoms. The van der Waals surface area contributed by atoms with Crippen molar-refractivity contribution in [3.05, 3.63) is 0 Å². The minimum absolute atomic E-state index is 0.00930. The first-order valence-corrected chi connectivity index (χ1v) is 6.95. The summed E-state index contributed by atoms with van der Waals surface area (Å²) in [6, 6.07) is 0.280. The van der Waals surface area contributed by atoms with Gasteiger partial charge in [-0.15, -0.1) is 0 Å². The molecule has 0 bridgehead atoms. The minimum atomic E-state index is -0.0325. The molecular formula is C13H25N3O2. The third-order valence-electron chi connectivity index (χ3n) is 3.40. The van der Waals surface area contributed by atoms with E-state index >= 15 is 0 Å². The number of hydrogen-bond donors (Lipinski definition) is 2. The molecule has 18 heavy (non-hydrogen) atoms. The number of hydrogen-bond acceptors (Lipinski definition) is 3. The van der Waals surface area contributed by atoms with Crippen molar-refractivity contribution in [1.29, 1.82) is 0 Å². The third-order valence-corrected chi connectivity index (χ3v) is 3.40. The van der Waals surface area contributed by atoms with Gasteiger partial charge in [0.1, 0.15) is 0 Å². The predicted molar refractivity (Wildman–Crippen MR) is 71.2 cm³/mol. The van der Waals surface area contributed by atoms with Gasteiger partial charge in [0.2, 0.25) is 11.8 Å². The molecule has 1 unspecified atom stereocenters. The van der Waals surface area contributed by atoms with Crippen LogP contribution >= 0.6 is 0 Å². The summed E-state index contributed by atoms with van der Waals surface area (Å²) in [5, 5.41) is 6.04. The van der Waals surface area contributed by atoms with Gasteiger partial charge >= 0.3 is 0 Å². The van der Waals surface area contributed by atoms with Crippen LogP contribution in [-0.2, 0) is 9.59 Å². The van der Waals surface area contributed by atoms with Gasteiger partial charge in [-0.25, -0.2) is 0 Å². The summed E-state index contributed by atoms with van der Waals surface area (Å²) in [7, 11) is 0. The maximum absolute atomic E-state index is 11.7. The Hall–Kier alpha value is -1.10. The molecule has 1 atom stereocenters. The molecule has 0 aromatic heterocycles. The van der Waals surface area contributed by atoms with Crippen LogP contribution in [0.2, 0.25) is 0 Å². The van der Waals surface area contributed by atoms with Crippen LogP contribution in [0, 0.1) is 0 Å². The number of carbonyl (C=O) groups is 2. The number of nitrogens with zero attached hydrogens (tertiary/aromatic N) is 1. The minimum Gasteiger partial charge on any atom is -0.347 e. The molecule has 0 radical (unpaired) electrons. The highest BCUT2D eigenvalue weighted by molar-refractivity contribution is 5.84. The molecule has 2 N–H and O–H groups in total. The Morgan fingerprint density at radius 1 is 1.28 bits per heavy atom. The molecule has 0 aromatic carbocycles. The normalized spacial score (nSPS) is 19.3. The van der Waals surface area contributed by atoms with Crippen LogP contribution in [0.15, 0.2) is 0 Å². The molecule has 1 aliphatic heterocycles. The monoisotopic (exact) mass is 255 g/mol. The summed E-state index contributed by atoms with van der Waals surface area (Å²) in [6.07, 6.45) is 3.91. The summed E-state index contributed by atoms with van der Waals surface area (Å²) in [5.74, 6) is -0.0418. The summed E-state index contributed by atoms with van der Waals surface area (Å²) in [6.45, 7) is 6.37. The van der Waals surface area contributed by atoms with Crippen LogP contribution in [0.5, 0.6) is 0 Å². The van der Waals surface area contributed by atoms with Crippen LogP contribution < -0.4 is 10.6 Å². The van der Waals surface area contributed by atoms with Crippen molar-refractivity contribution in [2.75, 3.05) is 26.2 Å². The van der Waals surface area contributed by atoms with E-state index < -0.39 is 0 Å². The van der Waals surface area contributed by atoms with Crippen LogP contribution in [-0.4, -0.2) is 48.9 Å². The average molecular weight is 255 g/mol. The molecule has 1 aliphatic rings. The smallest absolute Gasteiger partial charge is 0.241 e. The SMILES string of the molecule is CCN(CC)C(=O)CNC(=O)CC1CCCCN1. The first kappa shape index (κ1) is 15.0. The molecule has 1 fully saturated rings. The zero-order valence-electron chi connectivity index (χ0n) is 11.5. The Balaban J connectivity index is 2.21. The Morgan fingerprint density at radius 3 is 2.56 bits per heavy atom. The summed E-state index contributed by atoms with van der Waals surface area (Å²) < 4.78 is 0. The van der Waals surface area contributed by atoms with Crippen molar-refractivity contribution < 1.29 is 9.59 Å². The highest BCUT2D eigenvalue weighted by Gasteiger charge is 2.17. The second kappa shape index (κ2) is 8.08. The Labute approximate surface area is 109 Å². The largest absolute Gasteiger partial charge is 0.347 e. The Kier molecular flexibility index (Phi) is 6.72. The first-order chi connectivity index (χ1) is 8.67. The lowest BCUT2D eigenvalue weighted by atomic mass is 10.0. The van der Waals surface area contributed by atoms with Crippen LogP contribution in [0.3, 0.4) is 0 Å². The van der Waals surface area contributed by atoms with E-state index in [2.05, 4.69) is 10.6 Å². The molecule has 0 saturated carbocycles. The van der Waals surface area contributed by atoms with Crippen molar-refractivity contribution in [2.24, 2.45) is 0 Å². The fourth-order valence-corrected chi connectivity index (χ4v) is 2.26. The van der Waals surface area contributed by atoms with Crippen molar-refractivity contribution in [1.82, 2.24) is 15.5 Å². The van der Waals surface area contributed by atoms with E-state index in [-0.39, 0.29) is 24.4 Å². The number of piperidine rings is 1. The lowest BCUT2D eigenvalue weighted by molar-refractivity contribution is -0.132. The van der Waals surface area contributed by atoms with Crippen molar-refractivity contribution >= 4 is 11.8 Å². The topological polar surface area (TPSA) is 61.4 Å². The van der Waals surface area contributed by atoms with Gasteiger partial charge in [-0.2, -0.15) is 0 Å². The second-order valence-corrected chi connectivity index (χ2v) is 4.69. The van der Waals surface area contributed by atoms with E-state index in [1.54, 1.807) is 4.90 Å². The van der Waals surface area contributed by atoms with E-state index in [1.165, 1.54) is 12.8 Å². The Morgan fingerprint density at radius 2 is 2.00 bits per heavy atom. The summed E-state index contributed by atoms with van der Waals surface area (Å²) in [5.41, 5.74) is 0. The zero-order chi connectivity index (χ0) is 13.4. The van der Waals surface area contributed by atoms with Gasteiger partial charge < -0.3 is 15.5 Å². The summed E-state index contributed by atoms with van der Waals surface area (Å²) >= 11 is 0. The first-order valence-electron chi connectivity index (χ1n) is 6.95. The second-order valence-electron chi connectivity index (χ2n) is 4.69. The maximum atomic E-state index is 11.7. The number of amides is 2. The predicted octanol–water partition coefficient (Wildman–Crippen LogP) is 0.503. The molecule has 5 nitrogen and oxygen atoms in total. The number of likely N-dealkylation sites (N-methyl/N-ethyl adjacent to an activating group) is 1. The van der Waals surface area contributed by atoms with E-state index in [0.717, 1.165) is 13.0 Å². The number of rotatable bonds is 6. The molecule has 1 heterocycles. The fraction of sp³-hybridized carbons (Fsp3) is 0.846. The molecule has 0 aromatic rings. The molecule has 0 spiro atoms. The highest BCUT2D eigenvalue weighted by atomic mass is 16.2. The van der Waals surface area contributed by atoms with Gasteiger partial charge in [0.05, 0.1) is 6.54 Å². The molecule has 1 saturated heterocycles. The van der Waals surface area contributed by atoms with E-state index in [0.29, 0.717) is 19.5 Å². The van der Waals surface area contributed by atoms with Crippen molar-refractivity contribution in [3.8, 4) is 0 Å². The van der Waals surface area contributed by atoms with Gasteiger partial charge in [0.15, 0.2) is 0 Å². The highest BCUT2D eigenvalue weighted by Crippen LogP contribution is 2.09. The summed E-state index contributed by atoms with van der Waals surface area (Å²) in [4.78, 5) is 25.1. The quantitative estimate of drug-likeness (QED) is 0.726. The molecular weight excluding hydrogens is 230 g/mol. The average Bonchev–Trinajstić information content (AvgIpc) is 2.39. The molecule has 2 amide bonds. The Bertz CT molecular complexity index is 271. The van der Waals surface area contributed by atoms with Gasteiger partial charge in [-0.1, -0.05) is 6.42 Å². The van der Waals surface area contributed by atoms with E-state index in [4.69, 9.17) is 0 Å². The lowest BCUT2D eigenvalue weighted by Crippen LogP contribution is -2.43. The van der Waals surface area contributed by atoms with Gasteiger partial charge in [0, 0.05) is 25.6 Å². The van der Waals surface area contributed by atoms with Gasteiger partial charge in [0.25, 0.3) is 0 Å². The fourth-order valence-electron chi connectivity index (χ4n) is 2.26. The van der Waals surface area contributed by atoms with Gasteiger partial charge in [-0.05, 0) is 33.2 Å². The van der Waals surface area contributed by atoms with E-state index in [1.807, 2.05) is 13.8 Å². The van der Waals surface area contributed by atoms with Crippen LogP contribution in [0.1, 0.15) is 39.5 Å². The van der Waals surface area contributed by atoms with Crippen LogP contribution in [0.25, 0.3) is 0 Å². The molecule has 1 rings (SSSR count). The number of nitrogens with one attached hydrogen (secondary N) is 2.